The third-order valence-electron chi connectivity index (χ3n) is 3.99. The van der Waals surface area contributed by atoms with E-state index in [1.165, 1.54) is 4.90 Å². The molecule has 2 atom stereocenters. The van der Waals surface area contributed by atoms with Crippen LogP contribution in [0.1, 0.15) is 26.7 Å². The molecular weight excluding hydrogens is 257 g/mol. The van der Waals surface area contributed by atoms with E-state index >= 15 is 0 Å². The number of likely N-dealkylation sites (tertiary alicyclic amines) is 1. The fourth-order valence-corrected chi connectivity index (χ4v) is 2.35. The molecule has 2 N–H and O–H groups in total. The Morgan fingerprint density at radius 3 is 2.58 bits per heavy atom. The smallest absolute Gasteiger partial charge is 0.396 e. The number of hydrogen-bond acceptors (Lipinski definition) is 3. The molecule has 0 bridgehead atoms. The molecule has 0 saturated carbocycles. The summed E-state index contributed by atoms with van der Waals surface area (Å²) < 4.78 is 36.7. The highest BCUT2D eigenvalue weighted by Gasteiger charge is 2.34. The van der Waals surface area contributed by atoms with Crippen molar-refractivity contribution in [3.05, 3.63) is 0 Å². The Kier molecular flexibility index (Phi) is 6.08. The minimum absolute atomic E-state index is 0.126. The van der Waals surface area contributed by atoms with E-state index in [4.69, 9.17) is 0 Å². The summed E-state index contributed by atoms with van der Waals surface area (Å²) in [6, 6.07) is 0. The minimum atomic E-state index is -4.10. The van der Waals surface area contributed by atoms with Crippen LogP contribution in [0.5, 0.6) is 0 Å². The molecular formula is C13H25F3N2O. The zero-order valence-electron chi connectivity index (χ0n) is 11.8. The Labute approximate surface area is 113 Å². The maximum Gasteiger partial charge on any atom is 0.401 e. The predicted molar refractivity (Wildman–Crippen MR) is 69.0 cm³/mol. The van der Waals surface area contributed by atoms with Crippen molar-refractivity contribution < 1.29 is 18.3 Å². The van der Waals surface area contributed by atoms with Gasteiger partial charge in [-0.25, -0.2) is 0 Å². The van der Waals surface area contributed by atoms with Crippen molar-refractivity contribution in [1.82, 2.24) is 10.2 Å². The second-order valence-electron chi connectivity index (χ2n) is 5.96. The lowest BCUT2D eigenvalue weighted by atomic mass is 9.88. The zero-order chi connectivity index (χ0) is 14.5. The van der Waals surface area contributed by atoms with Crippen LogP contribution in [-0.2, 0) is 0 Å². The lowest BCUT2D eigenvalue weighted by Gasteiger charge is -2.26. The number of nitrogens with one attached hydrogen (secondary N) is 1. The SMILES string of the molecule is CCC(C)(CO)CNCC1CCN(CC(F)(F)F)C1. The third kappa shape index (κ3) is 6.10. The number of aliphatic hydroxyl groups is 1. The summed E-state index contributed by atoms with van der Waals surface area (Å²) in [6.07, 6.45) is -2.41. The van der Waals surface area contributed by atoms with Gasteiger partial charge in [-0.2, -0.15) is 13.2 Å². The summed E-state index contributed by atoms with van der Waals surface area (Å²) >= 11 is 0. The zero-order valence-corrected chi connectivity index (χ0v) is 11.8. The molecule has 0 aromatic rings. The van der Waals surface area contributed by atoms with Gasteiger partial charge in [-0.05, 0) is 31.8 Å². The lowest BCUT2D eigenvalue weighted by molar-refractivity contribution is -0.143. The van der Waals surface area contributed by atoms with Gasteiger partial charge in [0.05, 0.1) is 6.54 Å². The van der Waals surface area contributed by atoms with Crippen LogP contribution in [0.4, 0.5) is 13.2 Å². The minimum Gasteiger partial charge on any atom is -0.396 e. The molecule has 114 valence electrons. The van der Waals surface area contributed by atoms with Gasteiger partial charge < -0.3 is 10.4 Å². The first-order valence-corrected chi connectivity index (χ1v) is 6.89. The molecule has 6 heteroatoms. The molecule has 0 aromatic carbocycles. The second-order valence-corrected chi connectivity index (χ2v) is 5.96. The van der Waals surface area contributed by atoms with Gasteiger partial charge in [-0.3, -0.25) is 4.90 Å². The van der Waals surface area contributed by atoms with E-state index in [2.05, 4.69) is 5.32 Å². The molecule has 2 unspecified atom stereocenters. The van der Waals surface area contributed by atoms with E-state index in [0.717, 1.165) is 19.4 Å². The molecule has 1 heterocycles. The normalized spacial score (nSPS) is 24.6. The Balaban J connectivity index is 2.22. The Bertz CT molecular complexity index is 267. The standard InChI is InChI=1S/C13H25F3N2O/c1-3-12(2,10-19)8-17-6-11-4-5-18(7-11)9-13(14,15)16/h11,17,19H,3-10H2,1-2H3. The first-order chi connectivity index (χ1) is 8.78. The van der Waals surface area contributed by atoms with Crippen molar-refractivity contribution in [3.8, 4) is 0 Å². The molecule has 0 radical (unpaired) electrons. The molecule has 1 aliphatic rings. The van der Waals surface area contributed by atoms with Crippen molar-refractivity contribution in [2.75, 3.05) is 39.3 Å². The van der Waals surface area contributed by atoms with Gasteiger partial charge >= 0.3 is 6.18 Å². The molecule has 1 fully saturated rings. The summed E-state index contributed by atoms with van der Waals surface area (Å²) in [6.45, 7) is 5.82. The number of nitrogens with zero attached hydrogens (tertiary/aromatic N) is 1. The van der Waals surface area contributed by atoms with Crippen molar-refractivity contribution in [1.29, 1.82) is 0 Å². The molecule has 19 heavy (non-hydrogen) atoms. The van der Waals surface area contributed by atoms with E-state index in [0.29, 0.717) is 19.6 Å². The van der Waals surface area contributed by atoms with Crippen molar-refractivity contribution >= 4 is 0 Å². The summed E-state index contributed by atoms with van der Waals surface area (Å²) in [4.78, 5) is 1.47. The molecule has 0 aromatic heterocycles. The van der Waals surface area contributed by atoms with Gasteiger partial charge in [0, 0.05) is 25.1 Å². The fourth-order valence-electron chi connectivity index (χ4n) is 2.35. The Morgan fingerprint density at radius 1 is 1.37 bits per heavy atom. The first kappa shape index (κ1) is 16.7. The second kappa shape index (κ2) is 6.90. The molecule has 1 rings (SSSR count). The topological polar surface area (TPSA) is 35.5 Å². The maximum absolute atomic E-state index is 12.2. The van der Waals surface area contributed by atoms with Crippen LogP contribution in [0.2, 0.25) is 0 Å². The van der Waals surface area contributed by atoms with Crippen LogP contribution in [0.15, 0.2) is 0 Å². The number of aliphatic hydroxyl groups excluding tert-OH is 1. The highest BCUT2D eigenvalue weighted by atomic mass is 19.4. The molecule has 0 amide bonds. The van der Waals surface area contributed by atoms with E-state index in [1.807, 2.05) is 13.8 Å². The number of halogens is 3. The van der Waals surface area contributed by atoms with Gasteiger partial charge in [-0.1, -0.05) is 13.8 Å². The predicted octanol–water partition coefficient (Wildman–Crippen LogP) is 1.87. The summed E-state index contributed by atoms with van der Waals surface area (Å²) in [5.41, 5.74) is -0.135. The van der Waals surface area contributed by atoms with E-state index < -0.39 is 12.7 Å². The largest absolute Gasteiger partial charge is 0.401 e. The van der Waals surface area contributed by atoms with E-state index in [-0.39, 0.29) is 17.9 Å². The molecule has 3 nitrogen and oxygen atoms in total. The maximum atomic E-state index is 12.2. The molecule has 1 saturated heterocycles. The van der Waals surface area contributed by atoms with Gasteiger partial charge in [0.2, 0.25) is 0 Å². The van der Waals surface area contributed by atoms with Gasteiger partial charge in [0.15, 0.2) is 0 Å². The van der Waals surface area contributed by atoms with Crippen LogP contribution in [0.25, 0.3) is 0 Å². The number of alkyl halides is 3. The molecule has 1 aliphatic heterocycles. The Hall–Kier alpha value is -0.330. The fraction of sp³-hybridized carbons (Fsp3) is 1.00. The van der Waals surface area contributed by atoms with E-state index in [1.54, 1.807) is 0 Å². The van der Waals surface area contributed by atoms with E-state index in [9.17, 15) is 18.3 Å². The average Bonchev–Trinajstić information content (AvgIpc) is 2.74. The first-order valence-electron chi connectivity index (χ1n) is 6.89. The summed E-state index contributed by atoms with van der Waals surface area (Å²) in [7, 11) is 0. The van der Waals surface area contributed by atoms with Gasteiger partial charge in [-0.15, -0.1) is 0 Å². The van der Waals surface area contributed by atoms with Crippen LogP contribution in [-0.4, -0.2) is 55.5 Å². The van der Waals surface area contributed by atoms with Crippen LogP contribution in [0, 0.1) is 11.3 Å². The van der Waals surface area contributed by atoms with Crippen LogP contribution < -0.4 is 5.32 Å². The highest BCUT2D eigenvalue weighted by Crippen LogP contribution is 2.23. The summed E-state index contributed by atoms with van der Waals surface area (Å²) in [5, 5.41) is 12.6. The molecule has 0 spiro atoms. The summed E-state index contributed by atoms with van der Waals surface area (Å²) in [5.74, 6) is 0.280. The Morgan fingerprint density at radius 2 is 2.05 bits per heavy atom. The van der Waals surface area contributed by atoms with Crippen molar-refractivity contribution in [2.45, 2.75) is 32.9 Å². The monoisotopic (exact) mass is 282 g/mol. The van der Waals surface area contributed by atoms with Gasteiger partial charge in [0.1, 0.15) is 0 Å². The number of hydrogen-bond donors (Lipinski definition) is 2. The quantitative estimate of drug-likeness (QED) is 0.748. The third-order valence-corrected chi connectivity index (χ3v) is 3.99. The van der Waals surface area contributed by atoms with Crippen LogP contribution >= 0.6 is 0 Å². The van der Waals surface area contributed by atoms with Crippen molar-refractivity contribution in [2.24, 2.45) is 11.3 Å². The number of rotatable bonds is 7. The van der Waals surface area contributed by atoms with Crippen LogP contribution in [0.3, 0.4) is 0 Å². The molecule has 0 aliphatic carbocycles. The lowest BCUT2D eigenvalue weighted by Crippen LogP contribution is -2.38. The average molecular weight is 282 g/mol. The highest BCUT2D eigenvalue weighted by molar-refractivity contribution is 4.80. The van der Waals surface area contributed by atoms with Crippen molar-refractivity contribution in [3.63, 3.8) is 0 Å². The van der Waals surface area contributed by atoms with Gasteiger partial charge in [0.25, 0.3) is 0 Å².